The highest BCUT2D eigenvalue weighted by molar-refractivity contribution is 6.30. The number of hydrogen-bond acceptors (Lipinski definition) is 1. The van der Waals surface area contributed by atoms with Crippen LogP contribution < -0.4 is 4.74 Å². The summed E-state index contributed by atoms with van der Waals surface area (Å²) in [5, 5.41) is 0.323. The molecule has 1 nitrogen and oxygen atoms in total. The first kappa shape index (κ1) is 9.62. The van der Waals surface area contributed by atoms with Crippen molar-refractivity contribution in [1.29, 1.82) is 0 Å². The fraction of sp³-hybridized carbons (Fsp3) is 0.250. The van der Waals surface area contributed by atoms with Crippen LogP contribution in [0.2, 0.25) is 5.02 Å². The molecule has 1 rings (SSSR count). The predicted molar refractivity (Wildman–Crippen MR) is 47.5 cm³/mol. The summed E-state index contributed by atoms with van der Waals surface area (Å²) < 4.78 is 17.8. The summed E-state index contributed by atoms with van der Waals surface area (Å²) in [5.41, 5.74) is 0.559. The van der Waals surface area contributed by atoms with Crippen LogP contribution in [0.25, 0.3) is 0 Å². The summed E-state index contributed by atoms with van der Waals surface area (Å²) in [7, 11) is 1.39. The van der Waals surface area contributed by atoms with Gasteiger partial charge in [-0.15, -0.1) is 11.6 Å². The fourth-order valence-electron chi connectivity index (χ4n) is 0.942. The van der Waals surface area contributed by atoms with Gasteiger partial charge in [-0.1, -0.05) is 11.6 Å². The average Bonchev–Trinajstić information content (AvgIpc) is 2.03. The molecule has 1 aromatic carbocycles. The molecule has 0 heterocycles. The Hall–Kier alpha value is -0.470. The van der Waals surface area contributed by atoms with Gasteiger partial charge in [0.2, 0.25) is 0 Å². The standard InChI is InChI=1S/C8H7Cl2FO/c1-12-8-5(4-9)2-6(10)3-7(8)11/h2-3H,4H2,1H3. The number of rotatable bonds is 2. The van der Waals surface area contributed by atoms with Gasteiger partial charge in [-0.2, -0.15) is 0 Å². The largest absolute Gasteiger partial charge is 0.493 e. The van der Waals surface area contributed by atoms with Gasteiger partial charge in [-0.3, -0.25) is 0 Å². The van der Waals surface area contributed by atoms with E-state index in [1.807, 2.05) is 0 Å². The minimum Gasteiger partial charge on any atom is -0.493 e. The van der Waals surface area contributed by atoms with Crippen LogP contribution in [0, 0.1) is 5.82 Å². The summed E-state index contributed by atoms with van der Waals surface area (Å²) in [6.07, 6.45) is 0. The first-order valence-corrected chi connectivity index (χ1v) is 4.18. The Kier molecular flexibility index (Phi) is 3.18. The van der Waals surface area contributed by atoms with Gasteiger partial charge in [0.25, 0.3) is 0 Å². The van der Waals surface area contributed by atoms with Gasteiger partial charge >= 0.3 is 0 Å². The summed E-state index contributed by atoms with van der Waals surface area (Å²) in [4.78, 5) is 0. The van der Waals surface area contributed by atoms with E-state index in [-0.39, 0.29) is 11.6 Å². The van der Waals surface area contributed by atoms with Crippen molar-refractivity contribution in [3.8, 4) is 5.75 Å². The molecular weight excluding hydrogens is 202 g/mol. The van der Waals surface area contributed by atoms with Gasteiger partial charge in [-0.25, -0.2) is 4.39 Å². The summed E-state index contributed by atoms with van der Waals surface area (Å²) in [6.45, 7) is 0. The summed E-state index contributed by atoms with van der Waals surface area (Å²) in [6, 6.07) is 2.77. The number of alkyl halides is 1. The lowest BCUT2D eigenvalue weighted by molar-refractivity contribution is 0.383. The Morgan fingerprint density at radius 1 is 1.50 bits per heavy atom. The fourth-order valence-corrected chi connectivity index (χ4v) is 1.37. The van der Waals surface area contributed by atoms with E-state index in [1.165, 1.54) is 13.2 Å². The van der Waals surface area contributed by atoms with Gasteiger partial charge in [-0.05, 0) is 12.1 Å². The summed E-state index contributed by atoms with van der Waals surface area (Å²) in [5.74, 6) is -0.143. The van der Waals surface area contributed by atoms with Gasteiger partial charge in [0.05, 0.1) is 13.0 Å². The van der Waals surface area contributed by atoms with Crippen molar-refractivity contribution >= 4 is 23.2 Å². The van der Waals surface area contributed by atoms with E-state index in [9.17, 15) is 4.39 Å². The molecule has 0 bridgehead atoms. The molecule has 0 N–H and O–H groups in total. The second-order valence-corrected chi connectivity index (χ2v) is 2.92. The molecule has 0 aliphatic heterocycles. The number of methoxy groups -OCH3 is 1. The van der Waals surface area contributed by atoms with Crippen molar-refractivity contribution in [2.75, 3.05) is 7.11 Å². The lowest BCUT2D eigenvalue weighted by atomic mass is 10.2. The van der Waals surface area contributed by atoms with Gasteiger partial charge < -0.3 is 4.74 Å². The SMILES string of the molecule is COc1c(F)cc(Cl)cc1CCl. The number of ether oxygens (including phenoxy) is 1. The molecular formula is C8H7Cl2FO. The Bertz CT molecular complexity index is 289. The maximum absolute atomic E-state index is 13.0. The second kappa shape index (κ2) is 3.97. The Morgan fingerprint density at radius 2 is 2.17 bits per heavy atom. The molecule has 12 heavy (non-hydrogen) atoms. The first-order valence-electron chi connectivity index (χ1n) is 3.27. The van der Waals surface area contributed by atoms with Crippen LogP contribution in [0.5, 0.6) is 5.75 Å². The second-order valence-electron chi connectivity index (χ2n) is 2.21. The maximum Gasteiger partial charge on any atom is 0.166 e. The van der Waals surface area contributed by atoms with Gasteiger partial charge in [0.15, 0.2) is 11.6 Å². The van der Waals surface area contributed by atoms with Crippen LogP contribution >= 0.6 is 23.2 Å². The zero-order valence-corrected chi connectivity index (χ0v) is 7.92. The molecule has 0 fully saturated rings. The molecule has 0 radical (unpaired) electrons. The molecule has 0 aliphatic carbocycles. The highest BCUT2D eigenvalue weighted by Crippen LogP contribution is 2.27. The smallest absolute Gasteiger partial charge is 0.166 e. The minimum absolute atomic E-state index is 0.161. The molecule has 0 saturated carbocycles. The topological polar surface area (TPSA) is 9.23 Å². The third kappa shape index (κ3) is 1.82. The third-order valence-electron chi connectivity index (χ3n) is 1.43. The Balaban J connectivity index is 3.24. The quantitative estimate of drug-likeness (QED) is 0.679. The first-order chi connectivity index (χ1) is 5.69. The number of halogens is 3. The molecule has 1 aromatic rings. The molecule has 0 unspecified atom stereocenters. The molecule has 0 atom stereocenters. The highest BCUT2D eigenvalue weighted by Gasteiger charge is 2.09. The van der Waals surface area contributed by atoms with Crippen molar-refractivity contribution in [2.24, 2.45) is 0 Å². The van der Waals surface area contributed by atoms with E-state index < -0.39 is 5.82 Å². The molecule has 0 spiro atoms. The lowest BCUT2D eigenvalue weighted by Gasteiger charge is -2.06. The zero-order valence-electron chi connectivity index (χ0n) is 6.40. The van der Waals surface area contributed by atoms with E-state index in [0.29, 0.717) is 10.6 Å². The molecule has 0 saturated heterocycles. The van der Waals surface area contributed by atoms with E-state index in [0.717, 1.165) is 0 Å². The number of hydrogen-bond donors (Lipinski definition) is 0. The van der Waals surface area contributed by atoms with E-state index in [4.69, 9.17) is 27.9 Å². The molecule has 0 amide bonds. The van der Waals surface area contributed by atoms with Crippen LogP contribution in [0.3, 0.4) is 0 Å². The molecule has 0 aliphatic rings. The van der Waals surface area contributed by atoms with Crippen LogP contribution in [0.4, 0.5) is 4.39 Å². The molecule has 66 valence electrons. The monoisotopic (exact) mass is 208 g/mol. The van der Waals surface area contributed by atoms with Crippen molar-refractivity contribution in [3.05, 3.63) is 28.5 Å². The van der Waals surface area contributed by atoms with Crippen LogP contribution in [-0.2, 0) is 5.88 Å². The van der Waals surface area contributed by atoms with Crippen molar-refractivity contribution in [2.45, 2.75) is 5.88 Å². The van der Waals surface area contributed by atoms with E-state index >= 15 is 0 Å². The lowest BCUT2D eigenvalue weighted by Crippen LogP contribution is -1.93. The van der Waals surface area contributed by atoms with Crippen LogP contribution in [0.15, 0.2) is 12.1 Å². The Morgan fingerprint density at radius 3 is 2.67 bits per heavy atom. The van der Waals surface area contributed by atoms with Crippen LogP contribution in [-0.4, -0.2) is 7.11 Å². The normalized spacial score (nSPS) is 10.0. The van der Waals surface area contributed by atoms with Crippen molar-refractivity contribution in [3.63, 3.8) is 0 Å². The van der Waals surface area contributed by atoms with E-state index in [1.54, 1.807) is 6.07 Å². The van der Waals surface area contributed by atoms with E-state index in [2.05, 4.69) is 0 Å². The average molecular weight is 209 g/mol. The maximum atomic E-state index is 13.0. The highest BCUT2D eigenvalue weighted by atomic mass is 35.5. The third-order valence-corrected chi connectivity index (χ3v) is 1.94. The molecule has 4 heteroatoms. The zero-order chi connectivity index (χ0) is 9.14. The molecule has 0 aromatic heterocycles. The number of benzene rings is 1. The van der Waals surface area contributed by atoms with Gasteiger partial charge in [0, 0.05) is 10.6 Å². The minimum atomic E-state index is -0.486. The predicted octanol–water partition coefficient (Wildman–Crippen LogP) is 3.23. The van der Waals surface area contributed by atoms with Crippen LogP contribution in [0.1, 0.15) is 5.56 Å². The Labute approximate surface area is 80.0 Å². The van der Waals surface area contributed by atoms with Crippen molar-refractivity contribution < 1.29 is 9.13 Å². The summed E-state index contributed by atoms with van der Waals surface area (Å²) >= 11 is 11.2. The van der Waals surface area contributed by atoms with Crippen molar-refractivity contribution in [1.82, 2.24) is 0 Å². The van der Waals surface area contributed by atoms with Gasteiger partial charge in [0.1, 0.15) is 0 Å².